The van der Waals surface area contributed by atoms with Crippen molar-refractivity contribution in [1.82, 2.24) is 9.55 Å². The Morgan fingerprint density at radius 3 is 2.70 bits per heavy atom. The largest absolute Gasteiger partial charge is 0.310 e. The van der Waals surface area contributed by atoms with Gasteiger partial charge in [0.15, 0.2) is 0 Å². The van der Waals surface area contributed by atoms with Crippen molar-refractivity contribution in [2.45, 2.75) is 18.4 Å². The lowest BCUT2D eigenvalue weighted by Crippen LogP contribution is -2.17. The first kappa shape index (κ1) is 15.6. The van der Waals surface area contributed by atoms with Gasteiger partial charge in [0.1, 0.15) is 5.82 Å². The van der Waals surface area contributed by atoms with Crippen LogP contribution in [0.3, 0.4) is 0 Å². The molecule has 4 nitrogen and oxygen atoms in total. The van der Waals surface area contributed by atoms with Gasteiger partial charge in [-0.25, -0.2) is 9.37 Å². The van der Waals surface area contributed by atoms with E-state index in [2.05, 4.69) is 10.3 Å². The summed E-state index contributed by atoms with van der Waals surface area (Å²) in [5.41, 5.74) is 1.85. The highest BCUT2D eigenvalue weighted by atomic mass is 32.2. The molecule has 0 aliphatic rings. The molecular formula is C17H16FN3OS. The van der Waals surface area contributed by atoms with Crippen LogP contribution in [0.2, 0.25) is 0 Å². The molecule has 0 bridgehead atoms. The molecule has 2 aromatic carbocycles. The molecule has 0 aliphatic carbocycles. The molecule has 0 atom stereocenters. The molecule has 0 spiro atoms. The van der Waals surface area contributed by atoms with Crippen molar-refractivity contribution >= 4 is 34.7 Å². The molecule has 3 aromatic rings. The van der Waals surface area contributed by atoms with Crippen LogP contribution in [0.5, 0.6) is 0 Å². The molecule has 118 valence electrons. The van der Waals surface area contributed by atoms with Gasteiger partial charge < -0.3 is 4.57 Å². The molecule has 0 radical (unpaired) electrons. The van der Waals surface area contributed by atoms with Crippen molar-refractivity contribution < 1.29 is 9.18 Å². The van der Waals surface area contributed by atoms with E-state index in [1.807, 2.05) is 35.8 Å². The number of carbonyl (C=O) groups is 1. The van der Waals surface area contributed by atoms with Crippen LogP contribution in [0.4, 0.5) is 10.3 Å². The van der Waals surface area contributed by atoms with Gasteiger partial charge in [-0.15, -0.1) is 11.8 Å². The number of halogens is 1. The summed E-state index contributed by atoms with van der Waals surface area (Å²) in [4.78, 5) is 17.5. The van der Waals surface area contributed by atoms with Crippen molar-refractivity contribution in [3.63, 3.8) is 0 Å². The zero-order valence-electron chi connectivity index (χ0n) is 12.6. The maximum atomic E-state index is 12.9. The van der Waals surface area contributed by atoms with Crippen LogP contribution in [0.15, 0.2) is 53.4 Å². The number of hydrogen-bond acceptors (Lipinski definition) is 3. The van der Waals surface area contributed by atoms with Crippen LogP contribution < -0.4 is 5.32 Å². The predicted molar refractivity (Wildman–Crippen MR) is 91.2 cm³/mol. The van der Waals surface area contributed by atoms with E-state index in [-0.39, 0.29) is 17.5 Å². The number of benzene rings is 2. The zero-order valence-corrected chi connectivity index (χ0v) is 13.4. The van der Waals surface area contributed by atoms with Gasteiger partial charge >= 0.3 is 0 Å². The quantitative estimate of drug-likeness (QED) is 0.722. The number of thioether (sulfide) groups is 1. The number of carbonyl (C=O) groups excluding carboxylic acids is 1. The number of para-hydroxylation sites is 2. The second-order valence-electron chi connectivity index (χ2n) is 4.96. The summed E-state index contributed by atoms with van der Waals surface area (Å²) in [7, 11) is 0. The number of imidazole rings is 1. The third-order valence-corrected chi connectivity index (χ3v) is 4.42. The average molecular weight is 329 g/mol. The van der Waals surface area contributed by atoms with E-state index in [9.17, 15) is 9.18 Å². The SMILES string of the molecule is CCn1c(NC(=O)CSc2ccc(F)cc2)nc2ccccc21. The van der Waals surface area contributed by atoms with E-state index in [1.165, 1.54) is 23.9 Å². The monoisotopic (exact) mass is 329 g/mol. The summed E-state index contributed by atoms with van der Waals surface area (Å²) in [6.45, 7) is 2.73. The first-order valence-electron chi connectivity index (χ1n) is 7.31. The van der Waals surface area contributed by atoms with Crippen LogP contribution in [-0.2, 0) is 11.3 Å². The molecule has 0 fully saturated rings. The predicted octanol–water partition coefficient (Wildman–Crippen LogP) is 3.93. The second kappa shape index (κ2) is 6.83. The lowest BCUT2D eigenvalue weighted by Gasteiger charge is -2.07. The van der Waals surface area contributed by atoms with E-state index in [4.69, 9.17) is 0 Å². The van der Waals surface area contributed by atoms with Gasteiger partial charge in [-0.2, -0.15) is 0 Å². The maximum Gasteiger partial charge on any atom is 0.237 e. The lowest BCUT2D eigenvalue weighted by atomic mass is 10.3. The van der Waals surface area contributed by atoms with Gasteiger partial charge in [0.25, 0.3) is 0 Å². The fourth-order valence-corrected chi connectivity index (χ4v) is 3.03. The Morgan fingerprint density at radius 1 is 1.22 bits per heavy atom. The standard InChI is InChI=1S/C17H16FN3OS/c1-2-21-15-6-4-3-5-14(15)19-17(21)20-16(22)11-23-13-9-7-12(18)8-10-13/h3-10H,2,11H2,1H3,(H,19,20,22). The molecule has 1 heterocycles. The fourth-order valence-electron chi connectivity index (χ4n) is 2.33. The summed E-state index contributed by atoms with van der Waals surface area (Å²) in [5, 5.41) is 2.85. The molecule has 0 saturated carbocycles. The van der Waals surface area contributed by atoms with Gasteiger partial charge in [-0.1, -0.05) is 12.1 Å². The number of anilines is 1. The van der Waals surface area contributed by atoms with Crippen LogP contribution in [0, 0.1) is 5.82 Å². The summed E-state index contributed by atoms with van der Waals surface area (Å²) < 4.78 is 14.8. The van der Waals surface area contributed by atoms with Crippen LogP contribution >= 0.6 is 11.8 Å². The van der Waals surface area contributed by atoms with Crippen LogP contribution in [0.1, 0.15) is 6.92 Å². The summed E-state index contributed by atoms with van der Waals surface area (Å²) in [6.07, 6.45) is 0. The number of rotatable bonds is 5. The average Bonchev–Trinajstić information content (AvgIpc) is 2.91. The summed E-state index contributed by atoms with van der Waals surface area (Å²) >= 11 is 1.36. The molecule has 0 aliphatic heterocycles. The third kappa shape index (κ3) is 3.53. The van der Waals surface area contributed by atoms with Gasteiger partial charge in [0.05, 0.1) is 16.8 Å². The minimum absolute atomic E-state index is 0.135. The van der Waals surface area contributed by atoms with Crippen molar-refractivity contribution in [2.24, 2.45) is 0 Å². The number of hydrogen-bond donors (Lipinski definition) is 1. The van der Waals surface area contributed by atoms with Crippen molar-refractivity contribution in [2.75, 3.05) is 11.1 Å². The smallest absolute Gasteiger partial charge is 0.237 e. The number of fused-ring (bicyclic) bond motifs is 1. The molecule has 3 rings (SSSR count). The van der Waals surface area contributed by atoms with E-state index in [0.717, 1.165) is 22.5 Å². The molecule has 1 N–H and O–H groups in total. The number of amides is 1. The number of aromatic nitrogens is 2. The number of nitrogens with zero attached hydrogens (tertiary/aromatic N) is 2. The first-order chi connectivity index (χ1) is 11.2. The van der Waals surface area contributed by atoms with Gasteiger partial charge in [0, 0.05) is 11.4 Å². The van der Waals surface area contributed by atoms with Crippen molar-refractivity contribution in [3.8, 4) is 0 Å². The molecule has 23 heavy (non-hydrogen) atoms. The molecule has 1 amide bonds. The topological polar surface area (TPSA) is 46.9 Å². The van der Waals surface area contributed by atoms with E-state index < -0.39 is 0 Å². The Labute approximate surface area is 137 Å². The normalized spacial score (nSPS) is 10.9. The Hall–Kier alpha value is -2.34. The summed E-state index contributed by atoms with van der Waals surface area (Å²) in [5.74, 6) is 0.386. The second-order valence-corrected chi connectivity index (χ2v) is 6.01. The van der Waals surface area contributed by atoms with Crippen molar-refractivity contribution in [3.05, 3.63) is 54.3 Å². The number of nitrogens with one attached hydrogen (secondary N) is 1. The fraction of sp³-hybridized carbons (Fsp3) is 0.176. The van der Waals surface area contributed by atoms with E-state index in [1.54, 1.807) is 12.1 Å². The van der Waals surface area contributed by atoms with Gasteiger partial charge in [-0.05, 0) is 43.3 Å². The van der Waals surface area contributed by atoms with Gasteiger partial charge in [0.2, 0.25) is 11.9 Å². The highest BCUT2D eigenvalue weighted by Crippen LogP contribution is 2.21. The Bertz CT molecular complexity index is 829. The van der Waals surface area contributed by atoms with E-state index >= 15 is 0 Å². The van der Waals surface area contributed by atoms with Crippen LogP contribution in [0.25, 0.3) is 11.0 Å². The highest BCUT2D eigenvalue weighted by molar-refractivity contribution is 8.00. The number of aryl methyl sites for hydroxylation is 1. The third-order valence-electron chi connectivity index (χ3n) is 3.41. The van der Waals surface area contributed by atoms with Crippen LogP contribution in [-0.4, -0.2) is 21.2 Å². The Morgan fingerprint density at radius 2 is 1.96 bits per heavy atom. The molecule has 1 aromatic heterocycles. The molecule has 0 saturated heterocycles. The van der Waals surface area contributed by atoms with E-state index in [0.29, 0.717) is 5.95 Å². The first-order valence-corrected chi connectivity index (χ1v) is 8.29. The van der Waals surface area contributed by atoms with Gasteiger partial charge in [-0.3, -0.25) is 10.1 Å². The van der Waals surface area contributed by atoms with Crippen molar-refractivity contribution in [1.29, 1.82) is 0 Å². The molecule has 6 heteroatoms. The zero-order chi connectivity index (χ0) is 16.2. The Balaban J connectivity index is 1.69. The summed E-state index contributed by atoms with van der Waals surface area (Å²) in [6, 6.07) is 13.9. The highest BCUT2D eigenvalue weighted by Gasteiger charge is 2.12. The minimum Gasteiger partial charge on any atom is -0.310 e. The molecule has 0 unspecified atom stereocenters. The maximum absolute atomic E-state index is 12.9. The lowest BCUT2D eigenvalue weighted by molar-refractivity contribution is -0.113. The minimum atomic E-state index is -0.282. The molecular weight excluding hydrogens is 313 g/mol. The Kier molecular flexibility index (Phi) is 4.62.